The number of benzene rings is 3. The van der Waals surface area contributed by atoms with Crippen molar-refractivity contribution in [3.63, 3.8) is 0 Å². The minimum atomic E-state index is -3.94. The van der Waals surface area contributed by atoms with E-state index in [-0.39, 0.29) is 74.9 Å². The van der Waals surface area contributed by atoms with Gasteiger partial charge in [-0.2, -0.15) is 8.61 Å². The number of nitrogens with zero attached hydrogens (tertiary/aromatic N) is 3. The molecule has 1 unspecified atom stereocenters. The number of rotatable bonds is 10. The van der Waals surface area contributed by atoms with Gasteiger partial charge in [0.05, 0.1) is 50.2 Å². The van der Waals surface area contributed by atoms with Crippen LogP contribution in [0.5, 0.6) is 0 Å². The van der Waals surface area contributed by atoms with Crippen molar-refractivity contribution in [3.8, 4) is 0 Å². The maximum absolute atomic E-state index is 13.4. The molecule has 2 fully saturated rings. The van der Waals surface area contributed by atoms with Gasteiger partial charge in [0.25, 0.3) is 0 Å². The second-order valence-corrected chi connectivity index (χ2v) is 18.2. The van der Waals surface area contributed by atoms with Crippen LogP contribution >= 0.6 is 58.2 Å². The fourth-order valence-electron chi connectivity index (χ4n) is 6.02. The summed E-state index contributed by atoms with van der Waals surface area (Å²) in [6.07, 6.45) is 0.879. The Kier molecular flexibility index (Phi) is 11.9. The number of piperidine rings is 2. The van der Waals surface area contributed by atoms with Gasteiger partial charge in [0.2, 0.25) is 25.6 Å². The van der Waals surface area contributed by atoms with Gasteiger partial charge in [0.15, 0.2) is 0 Å². The number of anilines is 1. The number of hydroxylamine groups is 1. The molecular formula is C32H33Cl4N3O8S3. The molecule has 0 N–H and O–H groups in total. The molecule has 3 aliphatic heterocycles. The van der Waals surface area contributed by atoms with E-state index in [1.54, 1.807) is 42.3 Å². The van der Waals surface area contributed by atoms with Gasteiger partial charge in [-0.15, -0.1) is 0 Å². The first-order valence-electron chi connectivity index (χ1n) is 15.8. The number of carbonyl (C=O) groups is 1. The summed E-state index contributed by atoms with van der Waals surface area (Å²) in [5, 5.41) is 1.88. The van der Waals surface area contributed by atoms with Gasteiger partial charge in [-0.3, -0.25) is 4.84 Å². The average molecular weight is 826 g/mol. The number of carbonyl (C=O) groups excluding carboxylic acids is 1. The first kappa shape index (κ1) is 37.9. The zero-order chi connectivity index (χ0) is 35.8. The third kappa shape index (κ3) is 7.76. The number of ether oxygens (including phenoxy) is 2. The van der Waals surface area contributed by atoms with E-state index in [1.165, 1.54) is 44.6 Å². The molecule has 3 aliphatic rings. The summed E-state index contributed by atoms with van der Waals surface area (Å²) in [4.78, 5) is 19.5. The topological polar surface area (TPSA) is 123 Å². The highest BCUT2D eigenvalue weighted by atomic mass is 35.5. The lowest BCUT2D eigenvalue weighted by Crippen LogP contribution is -2.46. The van der Waals surface area contributed by atoms with Gasteiger partial charge in [0.1, 0.15) is 9.79 Å². The Morgan fingerprint density at radius 2 is 1.24 bits per heavy atom. The van der Waals surface area contributed by atoms with Gasteiger partial charge in [-0.05, 0) is 75.1 Å². The van der Waals surface area contributed by atoms with E-state index < -0.39 is 31.6 Å². The number of thioether (sulfide) groups is 1. The minimum Gasteiger partial charge on any atom is -0.462 e. The number of sulfonamides is 2. The fraction of sp³-hybridized carbons (Fsp3) is 0.406. The van der Waals surface area contributed by atoms with E-state index in [0.29, 0.717) is 36.9 Å². The summed E-state index contributed by atoms with van der Waals surface area (Å²) in [7, 11) is -7.88. The molecule has 1 atom stereocenters. The first-order valence-corrected chi connectivity index (χ1v) is 21.1. The molecule has 0 amide bonds. The standard InChI is InChI=1S/C32H33Cl4N3O8S3/c1-2-45-31(40)20-9-10-27-28(19-20)48-32(46-21-11-15-37(16-12-21)49(41,42)29-23(33)5-3-6-24(29)34)39(27)47-22-13-17-38(18-14-22)50(43,44)30-25(35)7-4-8-26(30)36/h3-10,19,21-22,32H,2,11-18H2,1H3. The predicted molar refractivity (Wildman–Crippen MR) is 193 cm³/mol. The zero-order valence-corrected chi connectivity index (χ0v) is 32.1. The molecule has 0 bridgehead atoms. The maximum atomic E-state index is 13.4. The lowest BCUT2D eigenvalue weighted by atomic mass is 10.1. The predicted octanol–water partition coefficient (Wildman–Crippen LogP) is 7.33. The van der Waals surface area contributed by atoms with E-state index in [2.05, 4.69) is 0 Å². The first-order chi connectivity index (χ1) is 23.8. The Balaban J connectivity index is 1.15. The molecule has 270 valence electrons. The normalized spacial score (nSPS) is 19.9. The van der Waals surface area contributed by atoms with Gasteiger partial charge < -0.3 is 9.47 Å². The fourth-order valence-corrected chi connectivity index (χ4v) is 12.3. The number of fused-ring (bicyclic) bond motifs is 1. The number of halogens is 4. The maximum Gasteiger partial charge on any atom is 0.338 e. The van der Waals surface area contributed by atoms with Crippen LogP contribution < -0.4 is 5.06 Å². The van der Waals surface area contributed by atoms with Crippen LogP contribution in [0, 0.1) is 0 Å². The lowest BCUT2D eigenvalue weighted by molar-refractivity contribution is -0.0742. The van der Waals surface area contributed by atoms with Crippen LogP contribution in [0.25, 0.3) is 0 Å². The summed E-state index contributed by atoms with van der Waals surface area (Å²) < 4.78 is 68.2. The van der Waals surface area contributed by atoms with E-state index in [1.807, 2.05) is 0 Å². The highest BCUT2D eigenvalue weighted by Crippen LogP contribution is 2.46. The second kappa shape index (κ2) is 15.7. The summed E-state index contributed by atoms with van der Waals surface area (Å²) in [6.45, 7) is 2.71. The molecule has 11 nitrogen and oxygen atoms in total. The highest BCUT2D eigenvalue weighted by Gasteiger charge is 2.40. The Morgan fingerprint density at radius 1 is 0.760 bits per heavy atom. The van der Waals surface area contributed by atoms with Crippen molar-refractivity contribution < 1.29 is 35.9 Å². The monoisotopic (exact) mass is 823 g/mol. The largest absolute Gasteiger partial charge is 0.462 e. The Morgan fingerprint density at radius 3 is 1.72 bits per heavy atom. The Labute approximate surface area is 315 Å². The van der Waals surface area contributed by atoms with Gasteiger partial charge in [0, 0.05) is 31.1 Å². The average Bonchev–Trinajstić information content (AvgIpc) is 3.40. The van der Waals surface area contributed by atoms with Crippen molar-refractivity contribution in [2.24, 2.45) is 0 Å². The van der Waals surface area contributed by atoms with Gasteiger partial charge in [-0.1, -0.05) is 70.3 Å². The van der Waals surface area contributed by atoms with Crippen LogP contribution in [0.2, 0.25) is 20.1 Å². The molecule has 6 rings (SSSR count). The SMILES string of the molecule is CCOC(=O)c1ccc2c(c1)SC(OC1CCN(S(=O)(=O)c3c(Cl)cccc3Cl)CC1)N2OC1CCN(S(=O)(=O)c2c(Cl)cccc2Cl)CC1. The Bertz CT molecular complexity index is 1930. The van der Waals surface area contributed by atoms with Crippen LogP contribution in [-0.2, 0) is 34.4 Å². The molecule has 50 heavy (non-hydrogen) atoms. The van der Waals surface area contributed by atoms with E-state index >= 15 is 0 Å². The van der Waals surface area contributed by atoms with Crippen molar-refractivity contribution in [1.29, 1.82) is 0 Å². The zero-order valence-electron chi connectivity index (χ0n) is 26.6. The summed E-state index contributed by atoms with van der Waals surface area (Å²) in [6, 6.07) is 14.3. The molecular weight excluding hydrogens is 792 g/mol. The molecule has 0 saturated carbocycles. The number of esters is 1. The highest BCUT2D eigenvalue weighted by molar-refractivity contribution is 8.00. The van der Waals surface area contributed by atoms with Crippen molar-refractivity contribution >= 4 is 89.9 Å². The molecule has 0 spiro atoms. The van der Waals surface area contributed by atoms with Crippen LogP contribution in [-0.4, -0.2) is 82.0 Å². The summed E-state index contributed by atoms with van der Waals surface area (Å²) in [5.74, 6) is -0.452. The van der Waals surface area contributed by atoms with Crippen LogP contribution in [0.3, 0.4) is 0 Å². The van der Waals surface area contributed by atoms with Gasteiger partial charge in [-0.25, -0.2) is 26.7 Å². The van der Waals surface area contributed by atoms with E-state index in [4.69, 9.17) is 60.7 Å². The van der Waals surface area contributed by atoms with E-state index in [9.17, 15) is 21.6 Å². The summed E-state index contributed by atoms with van der Waals surface area (Å²) in [5.41, 5.74) is 0.392. The molecule has 3 heterocycles. The van der Waals surface area contributed by atoms with Crippen molar-refractivity contribution in [1.82, 2.24) is 8.61 Å². The minimum absolute atomic E-state index is 0.0554. The number of hydrogen-bond acceptors (Lipinski definition) is 10. The second-order valence-electron chi connectivity index (χ2n) is 11.7. The van der Waals surface area contributed by atoms with Crippen LogP contribution in [0.4, 0.5) is 5.69 Å². The van der Waals surface area contributed by atoms with Crippen LogP contribution in [0.1, 0.15) is 43.0 Å². The van der Waals surface area contributed by atoms with Crippen molar-refractivity contribution in [3.05, 3.63) is 80.3 Å². The molecule has 0 aromatic heterocycles. The van der Waals surface area contributed by atoms with Crippen molar-refractivity contribution in [2.45, 2.75) is 65.1 Å². The Hall–Kier alpha value is -1.82. The molecule has 18 heteroatoms. The van der Waals surface area contributed by atoms with Crippen molar-refractivity contribution in [2.75, 3.05) is 37.8 Å². The smallest absolute Gasteiger partial charge is 0.338 e. The molecule has 2 saturated heterocycles. The third-order valence-electron chi connectivity index (χ3n) is 8.53. The third-order valence-corrected chi connectivity index (χ3v) is 15.3. The van der Waals surface area contributed by atoms with Gasteiger partial charge >= 0.3 is 5.97 Å². The lowest BCUT2D eigenvalue weighted by Gasteiger charge is -2.37. The van der Waals surface area contributed by atoms with Crippen LogP contribution in [0.15, 0.2) is 69.3 Å². The molecule has 3 aromatic carbocycles. The quantitative estimate of drug-likeness (QED) is 0.192. The molecule has 3 aromatic rings. The summed E-state index contributed by atoms with van der Waals surface area (Å²) >= 11 is 26.3. The molecule has 0 aliphatic carbocycles. The van der Waals surface area contributed by atoms with E-state index in [0.717, 1.165) is 4.90 Å². The number of hydrogen-bond donors (Lipinski definition) is 0. The molecule has 0 radical (unpaired) electrons.